The standard InChI is InChI=1S/C25H35NO3/c1-5-15-26-22(28)29-25(6-2)14-11-21-19-8-7-17-16-18(27)9-12-23(17,3)20(19)10-13-24(21,25)4/h5,9,12,16,19-21H,1,6-8,10-11,13-15H2,2-4H3,(H,26,28)/t19?,20?,21?,23-,24-,25-/m0/s1. The lowest BCUT2D eigenvalue weighted by Crippen LogP contribution is -2.56. The average Bonchev–Trinajstić information content (AvgIpc) is 2.99. The lowest BCUT2D eigenvalue weighted by Gasteiger charge is -2.58. The second-order valence-corrected chi connectivity index (χ2v) is 10.0. The Bertz CT molecular complexity index is 783. The number of ketones is 1. The summed E-state index contributed by atoms with van der Waals surface area (Å²) in [7, 11) is 0. The van der Waals surface area contributed by atoms with Gasteiger partial charge in [0.05, 0.1) is 0 Å². The van der Waals surface area contributed by atoms with Crippen LogP contribution in [0.2, 0.25) is 0 Å². The number of carbonyl (C=O) groups is 2. The van der Waals surface area contributed by atoms with Gasteiger partial charge in [-0.2, -0.15) is 0 Å². The SMILES string of the molecule is C=CCNC(=O)O[C@@]1(CC)CCC2C3CCC4=CC(=O)C=C[C@]4(C)C3CC[C@@]21C. The number of carbonyl (C=O) groups excluding carboxylic acids is 2. The average molecular weight is 398 g/mol. The van der Waals surface area contributed by atoms with E-state index >= 15 is 0 Å². The van der Waals surface area contributed by atoms with E-state index in [2.05, 4.69) is 38.7 Å². The Hall–Kier alpha value is -1.84. The first kappa shape index (κ1) is 20.4. The van der Waals surface area contributed by atoms with Crippen LogP contribution < -0.4 is 5.32 Å². The molecule has 0 spiro atoms. The van der Waals surface area contributed by atoms with Crippen molar-refractivity contribution >= 4 is 11.9 Å². The molecule has 0 saturated heterocycles. The monoisotopic (exact) mass is 397 g/mol. The summed E-state index contributed by atoms with van der Waals surface area (Å²) in [5.74, 6) is 1.91. The third-order valence-electron chi connectivity index (χ3n) is 9.10. The quantitative estimate of drug-likeness (QED) is 0.650. The van der Waals surface area contributed by atoms with Gasteiger partial charge in [-0.15, -0.1) is 6.58 Å². The van der Waals surface area contributed by atoms with Gasteiger partial charge in [-0.25, -0.2) is 4.79 Å². The minimum atomic E-state index is -0.386. The molecule has 158 valence electrons. The summed E-state index contributed by atoms with van der Waals surface area (Å²) >= 11 is 0. The van der Waals surface area contributed by atoms with Crippen molar-refractivity contribution < 1.29 is 14.3 Å². The highest BCUT2D eigenvalue weighted by molar-refractivity contribution is 6.01. The predicted molar refractivity (Wildman–Crippen MR) is 114 cm³/mol. The van der Waals surface area contributed by atoms with Crippen LogP contribution in [-0.2, 0) is 9.53 Å². The Morgan fingerprint density at radius 2 is 2.03 bits per heavy atom. The molecule has 29 heavy (non-hydrogen) atoms. The normalized spacial score (nSPS) is 42.9. The van der Waals surface area contributed by atoms with E-state index in [-0.39, 0.29) is 28.3 Å². The van der Waals surface area contributed by atoms with Crippen molar-refractivity contribution in [3.05, 3.63) is 36.5 Å². The zero-order valence-electron chi connectivity index (χ0n) is 18.1. The van der Waals surface area contributed by atoms with E-state index in [9.17, 15) is 9.59 Å². The van der Waals surface area contributed by atoms with Gasteiger partial charge in [-0.3, -0.25) is 4.79 Å². The van der Waals surface area contributed by atoms with Crippen molar-refractivity contribution in [2.45, 2.75) is 71.3 Å². The molecule has 0 aliphatic heterocycles. The third kappa shape index (κ3) is 2.93. The van der Waals surface area contributed by atoms with Crippen LogP contribution >= 0.6 is 0 Å². The van der Waals surface area contributed by atoms with Crippen molar-refractivity contribution in [1.82, 2.24) is 5.32 Å². The minimum Gasteiger partial charge on any atom is -0.442 e. The van der Waals surface area contributed by atoms with Crippen molar-refractivity contribution in [3.63, 3.8) is 0 Å². The van der Waals surface area contributed by atoms with Crippen molar-refractivity contribution in [2.75, 3.05) is 6.54 Å². The Morgan fingerprint density at radius 1 is 1.28 bits per heavy atom. The molecule has 0 aromatic heterocycles. The van der Waals surface area contributed by atoms with E-state index in [4.69, 9.17) is 4.74 Å². The van der Waals surface area contributed by atoms with Crippen molar-refractivity contribution in [1.29, 1.82) is 0 Å². The molecule has 4 nitrogen and oxygen atoms in total. The van der Waals surface area contributed by atoms with Gasteiger partial charge in [0.2, 0.25) is 0 Å². The third-order valence-corrected chi connectivity index (χ3v) is 9.10. The zero-order chi connectivity index (χ0) is 20.9. The highest BCUT2D eigenvalue weighted by Crippen LogP contribution is 2.68. The highest BCUT2D eigenvalue weighted by Gasteiger charge is 2.65. The first-order valence-corrected chi connectivity index (χ1v) is 11.3. The summed E-state index contributed by atoms with van der Waals surface area (Å²) in [6, 6.07) is 0. The van der Waals surface area contributed by atoms with Gasteiger partial charge in [0.25, 0.3) is 0 Å². The summed E-state index contributed by atoms with van der Waals surface area (Å²) in [5, 5.41) is 2.81. The first-order chi connectivity index (χ1) is 13.8. The summed E-state index contributed by atoms with van der Waals surface area (Å²) in [6.45, 7) is 11.0. The second kappa shape index (κ2) is 7.14. The summed E-state index contributed by atoms with van der Waals surface area (Å²) in [4.78, 5) is 24.4. The molecule has 4 aliphatic rings. The Morgan fingerprint density at radius 3 is 2.76 bits per heavy atom. The van der Waals surface area contributed by atoms with E-state index < -0.39 is 0 Å². The van der Waals surface area contributed by atoms with E-state index in [0.717, 1.165) is 44.9 Å². The number of amides is 1. The van der Waals surface area contributed by atoms with E-state index in [1.54, 1.807) is 12.2 Å². The van der Waals surface area contributed by atoms with Crippen LogP contribution in [0.15, 0.2) is 36.5 Å². The van der Waals surface area contributed by atoms with Crippen LogP contribution in [0, 0.1) is 28.6 Å². The molecule has 3 saturated carbocycles. The molecule has 1 N–H and O–H groups in total. The van der Waals surface area contributed by atoms with E-state index in [0.29, 0.717) is 24.3 Å². The first-order valence-electron chi connectivity index (χ1n) is 11.3. The fourth-order valence-corrected chi connectivity index (χ4v) is 7.48. The highest BCUT2D eigenvalue weighted by atomic mass is 16.6. The molecule has 1 amide bonds. The molecule has 4 heteroatoms. The molecule has 0 heterocycles. The number of ether oxygens (including phenoxy) is 1. The van der Waals surface area contributed by atoms with Gasteiger partial charge >= 0.3 is 6.09 Å². The molecular formula is C25H35NO3. The van der Waals surface area contributed by atoms with E-state index in [1.807, 2.05) is 6.08 Å². The number of rotatable bonds is 4. The molecule has 0 aromatic carbocycles. The van der Waals surface area contributed by atoms with Crippen molar-refractivity contribution in [2.24, 2.45) is 28.6 Å². The maximum Gasteiger partial charge on any atom is 0.407 e. The zero-order valence-corrected chi connectivity index (χ0v) is 18.1. The molecule has 4 aliphatic carbocycles. The van der Waals surface area contributed by atoms with Crippen LogP contribution in [0.1, 0.15) is 65.7 Å². The van der Waals surface area contributed by atoms with Crippen LogP contribution in [0.25, 0.3) is 0 Å². The van der Waals surface area contributed by atoms with Gasteiger partial charge in [0, 0.05) is 17.4 Å². The fourth-order valence-electron chi connectivity index (χ4n) is 7.48. The van der Waals surface area contributed by atoms with Gasteiger partial charge in [-0.1, -0.05) is 38.5 Å². The maximum atomic E-state index is 12.5. The van der Waals surface area contributed by atoms with Gasteiger partial charge in [0.15, 0.2) is 5.78 Å². The van der Waals surface area contributed by atoms with Gasteiger partial charge < -0.3 is 10.1 Å². The number of hydrogen-bond acceptors (Lipinski definition) is 3. The number of nitrogens with one attached hydrogen (secondary N) is 1. The van der Waals surface area contributed by atoms with Crippen molar-refractivity contribution in [3.8, 4) is 0 Å². The van der Waals surface area contributed by atoms with Crippen LogP contribution in [0.4, 0.5) is 4.79 Å². The topological polar surface area (TPSA) is 55.4 Å². The van der Waals surface area contributed by atoms with E-state index in [1.165, 1.54) is 5.57 Å². The van der Waals surface area contributed by atoms with Gasteiger partial charge in [-0.05, 0) is 74.9 Å². The summed E-state index contributed by atoms with van der Waals surface area (Å²) < 4.78 is 6.18. The molecule has 3 unspecified atom stereocenters. The molecule has 0 bridgehead atoms. The molecule has 4 rings (SSSR count). The lowest BCUT2D eigenvalue weighted by atomic mass is 9.47. The van der Waals surface area contributed by atoms with Crippen LogP contribution in [0.5, 0.6) is 0 Å². The second-order valence-electron chi connectivity index (χ2n) is 10.0. The molecule has 6 atom stereocenters. The molecule has 3 fully saturated rings. The fraction of sp³-hybridized carbons (Fsp3) is 0.680. The predicted octanol–water partition coefficient (Wildman–Crippen LogP) is 5.36. The number of fused-ring (bicyclic) bond motifs is 5. The van der Waals surface area contributed by atoms with Gasteiger partial charge in [0.1, 0.15) is 5.60 Å². The molecule has 0 aromatic rings. The Kier molecular flexibility index (Phi) is 5.03. The lowest BCUT2D eigenvalue weighted by molar-refractivity contribution is -0.126. The Labute approximate surface area is 174 Å². The molecule has 0 radical (unpaired) electrons. The number of allylic oxidation sites excluding steroid dienone is 4. The molecular weight excluding hydrogens is 362 g/mol. The van der Waals surface area contributed by atoms with Crippen LogP contribution in [0.3, 0.4) is 0 Å². The number of hydrogen-bond donors (Lipinski definition) is 1. The largest absolute Gasteiger partial charge is 0.442 e. The van der Waals surface area contributed by atoms with Crippen LogP contribution in [-0.4, -0.2) is 24.0 Å². The number of alkyl carbamates (subject to hydrolysis) is 1. The summed E-state index contributed by atoms with van der Waals surface area (Å²) in [5.41, 5.74) is 0.969. The Balaban J connectivity index is 1.61. The maximum absolute atomic E-state index is 12.5. The smallest absolute Gasteiger partial charge is 0.407 e. The summed E-state index contributed by atoms with van der Waals surface area (Å²) in [6.07, 6.45) is 14.5. The minimum absolute atomic E-state index is 0.0117.